The molecule has 3 heterocycles. The molecule has 2 aromatic rings. The minimum Gasteiger partial charge on any atom is -0.377 e. The van der Waals surface area contributed by atoms with Gasteiger partial charge < -0.3 is 15.0 Å². The molecule has 1 N–H and O–H groups in total. The van der Waals surface area contributed by atoms with Crippen molar-refractivity contribution < 1.29 is 9.53 Å². The second-order valence-corrected chi connectivity index (χ2v) is 5.88. The van der Waals surface area contributed by atoms with Crippen LogP contribution in [-0.2, 0) is 4.74 Å². The van der Waals surface area contributed by atoms with Crippen molar-refractivity contribution in [1.29, 1.82) is 0 Å². The Balaban J connectivity index is 1.93. The summed E-state index contributed by atoms with van der Waals surface area (Å²) in [5.74, 6) is 1.37. The van der Waals surface area contributed by atoms with Gasteiger partial charge >= 0.3 is 0 Å². The number of anilines is 1. The lowest BCUT2D eigenvalue weighted by Crippen LogP contribution is -2.44. The number of aryl methyl sites for hydroxylation is 1. The van der Waals surface area contributed by atoms with Gasteiger partial charge in [0, 0.05) is 30.7 Å². The number of ether oxygens (including phenoxy) is 1. The Morgan fingerprint density at radius 3 is 3.09 bits per heavy atom. The average Bonchev–Trinajstić information content (AvgIpc) is 3.08. The highest BCUT2D eigenvalue weighted by Crippen LogP contribution is 2.25. The maximum absolute atomic E-state index is 12.7. The Morgan fingerprint density at radius 2 is 2.36 bits per heavy atom. The molecule has 22 heavy (non-hydrogen) atoms. The summed E-state index contributed by atoms with van der Waals surface area (Å²) in [5.41, 5.74) is 1.57. The smallest absolute Gasteiger partial charge is 0.255 e. The van der Waals surface area contributed by atoms with Crippen LogP contribution in [0.5, 0.6) is 0 Å². The zero-order valence-corrected chi connectivity index (χ0v) is 13.4. The number of aromatic nitrogens is 2. The molecule has 1 unspecified atom stereocenters. The highest BCUT2D eigenvalue weighted by Gasteiger charge is 2.31. The molecule has 0 radical (unpaired) electrons. The van der Waals surface area contributed by atoms with Crippen molar-refractivity contribution in [2.75, 3.05) is 32.1 Å². The Kier molecular flexibility index (Phi) is 4.35. The van der Waals surface area contributed by atoms with Crippen molar-refractivity contribution in [1.82, 2.24) is 14.9 Å². The summed E-state index contributed by atoms with van der Waals surface area (Å²) in [6, 6.07) is 3.46. The van der Waals surface area contributed by atoms with Crippen molar-refractivity contribution in [3.8, 4) is 0 Å². The topological polar surface area (TPSA) is 67.4 Å². The first-order valence-corrected chi connectivity index (χ1v) is 8.07. The summed E-state index contributed by atoms with van der Waals surface area (Å²) in [4.78, 5) is 23.5. The molecular formula is C15H18N4O2S. The monoisotopic (exact) mass is 318 g/mol. The highest BCUT2D eigenvalue weighted by molar-refractivity contribution is 7.08. The predicted molar refractivity (Wildman–Crippen MR) is 85.2 cm³/mol. The number of hydrogen-bond donors (Lipinski definition) is 1. The van der Waals surface area contributed by atoms with Crippen LogP contribution in [-0.4, -0.2) is 47.6 Å². The molecule has 0 spiro atoms. The molecule has 1 fully saturated rings. The van der Waals surface area contributed by atoms with E-state index < -0.39 is 0 Å². The molecule has 6 nitrogen and oxygen atoms in total. The largest absolute Gasteiger partial charge is 0.377 e. The zero-order valence-electron chi connectivity index (χ0n) is 12.6. The number of morpholine rings is 1. The van der Waals surface area contributed by atoms with Crippen LogP contribution in [0.15, 0.2) is 22.9 Å². The second-order valence-electron chi connectivity index (χ2n) is 5.10. The van der Waals surface area contributed by atoms with Crippen LogP contribution in [0.25, 0.3) is 0 Å². The Morgan fingerprint density at radius 1 is 1.50 bits per heavy atom. The fourth-order valence-corrected chi connectivity index (χ4v) is 3.11. The number of amides is 1. The van der Waals surface area contributed by atoms with Gasteiger partial charge in [-0.05, 0) is 18.4 Å². The van der Waals surface area contributed by atoms with E-state index in [2.05, 4.69) is 15.3 Å². The fourth-order valence-electron chi connectivity index (χ4n) is 2.48. The minimum atomic E-state index is -0.256. The third-order valence-corrected chi connectivity index (χ3v) is 4.27. The van der Waals surface area contributed by atoms with Crippen LogP contribution in [0.1, 0.15) is 27.9 Å². The van der Waals surface area contributed by atoms with Crippen LogP contribution < -0.4 is 5.32 Å². The SMILES string of the molecule is CNc1cc(C)nc(C2COCCN2C(=O)c2ccsc2)n1. The summed E-state index contributed by atoms with van der Waals surface area (Å²) >= 11 is 1.52. The number of nitrogens with one attached hydrogen (secondary N) is 1. The molecule has 0 bridgehead atoms. The summed E-state index contributed by atoms with van der Waals surface area (Å²) in [7, 11) is 1.82. The molecule has 0 aliphatic carbocycles. The van der Waals surface area contributed by atoms with Gasteiger partial charge in [0.25, 0.3) is 5.91 Å². The van der Waals surface area contributed by atoms with Gasteiger partial charge in [0.1, 0.15) is 11.9 Å². The van der Waals surface area contributed by atoms with Crippen LogP contribution in [0.2, 0.25) is 0 Å². The van der Waals surface area contributed by atoms with Crippen molar-refractivity contribution in [2.45, 2.75) is 13.0 Å². The van der Waals surface area contributed by atoms with Gasteiger partial charge in [-0.1, -0.05) is 0 Å². The van der Waals surface area contributed by atoms with Crippen LogP contribution in [0, 0.1) is 6.92 Å². The maximum atomic E-state index is 12.7. The fraction of sp³-hybridized carbons (Fsp3) is 0.400. The number of rotatable bonds is 3. The van der Waals surface area contributed by atoms with Crippen molar-refractivity contribution >= 4 is 23.1 Å². The van der Waals surface area contributed by atoms with E-state index in [9.17, 15) is 4.79 Å². The predicted octanol–water partition coefficient (Wildman–Crippen LogP) is 2.10. The van der Waals surface area contributed by atoms with E-state index in [1.807, 2.05) is 36.9 Å². The van der Waals surface area contributed by atoms with E-state index in [1.54, 1.807) is 4.90 Å². The molecular weight excluding hydrogens is 300 g/mol. The Hall–Kier alpha value is -1.99. The Bertz CT molecular complexity index is 660. The molecule has 3 rings (SSSR count). The summed E-state index contributed by atoms with van der Waals surface area (Å²) in [6.07, 6.45) is 0. The molecule has 1 saturated heterocycles. The highest BCUT2D eigenvalue weighted by atomic mass is 32.1. The van der Waals surface area contributed by atoms with Crippen molar-refractivity contribution in [3.05, 3.63) is 40.0 Å². The quantitative estimate of drug-likeness (QED) is 0.939. The van der Waals surface area contributed by atoms with Gasteiger partial charge in [0.2, 0.25) is 0 Å². The van der Waals surface area contributed by atoms with Gasteiger partial charge in [-0.3, -0.25) is 4.79 Å². The molecule has 1 aliphatic heterocycles. The molecule has 116 valence electrons. The van der Waals surface area contributed by atoms with E-state index in [-0.39, 0.29) is 11.9 Å². The van der Waals surface area contributed by atoms with Gasteiger partial charge in [0.05, 0.1) is 18.8 Å². The van der Waals surface area contributed by atoms with E-state index in [1.165, 1.54) is 11.3 Å². The van der Waals surface area contributed by atoms with Gasteiger partial charge in [0.15, 0.2) is 5.82 Å². The molecule has 1 atom stereocenters. The van der Waals surface area contributed by atoms with Gasteiger partial charge in [-0.2, -0.15) is 11.3 Å². The zero-order chi connectivity index (χ0) is 15.5. The average molecular weight is 318 g/mol. The van der Waals surface area contributed by atoms with Crippen LogP contribution in [0.3, 0.4) is 0 Å². The van der Waals surface area contributed by atoms with E-state index in [4.69, 9.17) is 4.74 Å². The van der Waals surface area contributed by atoms with Crippen molar-refractivity contribution in [2.24, 2.45) is 0 Å². The Labute approximate surface area is 133 Å². The summed E-state index contributed by atoms with van der Waals surface area (Å²) < 4.78 is 5.56. The first-order valence-electron chi connectivity index (χ1n) is 7.13. The lowest BCUT2D eigenvalue weighted by Gasteiger charge is -2.34. The molecule has 0 aromatic carbocycles. The second kappa shape index (κ2) is 6.41. The number of hydrogen-bond acceptors (Lipinski definition) is 6. The lowest BCUT2D eigenvalue weighted by molar-refractivity contribution is -0.00519. The normalized spacial score (nSPS) is 18.3. The summed E-state index contributed by atoms with van der Waals surface area (Å²) in [5, 5.41) is 6.80. The first-order chi connectivity index (χ1) is 10.7. The van der Waals surface area contributed by atoms with E-state index in [0.29, 0.717) is 31.1 Å². The first kappa shape index (κ1) is 14.9. The summed E-state index contributed by atoms with van der Waals surface area (Å²) in [6.45, 7) is 3.42. The van der Waals surface area contributed by atoms with Crippen LogP contribution in [0.4, 0.5) is 5.82 Å². The lowest BCUT2D eigenvalue weighted by atomic mass is 10.1. The standard InChI is InChI=1S/C15H18N4O2S/c1-10-7-13(16-2)18-14(17-10)12-8-21-5-4-19(12)15(20)11-3-6-22-9-11/h3,6-7,9,12H,4-5,8H2,1-2H3,(H,16,17,18). The third-order valence-electron chi connectivity index (χ3n) is 3.58. The maximum Gasteiger partial charge on any atom is 0.255 e. The van der Waals surface area contributed by atoms with E-state index >= 15 is 0 Å². The number of carbonyl (C=O) groups excluding carboxylic acids is 1. The molecule has 7 heteroatoms. The molecule has 0 saturated carbocycles. The van der Waals surface area contributed by atoms with Gasteiger partial charge in [-0.15, -0.1) is 0 Å². The minimum absolute atomic E-state index is 0.00524. The number of carbonyl (C=O) groups is 1. The molecule has 1 amide bonds. The molecule has 2 aromatic heterocycles. The van der Waals surface area contributed by atoms with Crippen LogP contribution >= 0.6 is 11.3 Å². The number of nitrogens with zero attached hydrogens (tertiary/aromatic N) is 3. The third kappa shape index (κ3) is 2.95. The number of thiophene rings is 1. The molecule has 1 aliphatic rings. The van der Waals surface area contributed by atoms with Crippen molar-refractivity contribution in [3.63, 3.8) is 0 Å². The van der Waals surface area contributed by atoms with E-state index in [0.717, 1.165) is 11.5 Å². The van der Waals surface area contributed by atoms with Gasteiger partial charge in [-0.25, -0.2) is 9.97 Å².